The number of aliphatic carboxylic acids is 1. The van der Waals surface area contributed by atoms with E-state index in [9.17, 15) is 4.79 Å². The lowest BCUT2D eigenvalue weighted by atomic mass is 10.3. The van der Waals surface area contributed by atoms with E-state index in [0.29, 0.717) is 12.6 Å². The zero-order valence-corrected chi connectivity index (χ0v) is 11.1. The van der Waals surface area contributed by atoms with Gasteiger partial charge in [0.25, 0.3) is 0 Å². The van der Waals surface area contributed by atoms with Gasteiger partial charge in [0.05, 0.1) is 18.4 Å². The number of carboxylic acids is 1. The topological polar surface area (TPSA) is 58.4 Å². The third kappa shape index (κ3) is 3.05. The number of aromatic nitrogens is 2. The van der Waals surface area contributed by atoms with E-state index in [-0.39, 0.29) is 6.54 Å². The maximum atomic E-state index is 10.9. The summed E-state index contributed by atoms with van der Waals surface area (Å²) in [6.45, 7) is 0.741. The van der Waals surface area contributed by atoms with Crippen molar-refractivity contribution in [2.75, 3.05) is 6.54 Å². The van der Waals surface area contributed by atoms with Crippen LogP contribution in [0.25, 0.3) is 5.69 Å². The van der Waals surface area contributed by atoms with Crippen molar-refractivity contribution >= 4 is 5.97 Å². The molecule has 1 N–H and O–H groups in total. The van der Waals surface area contributed by atoms with Crippen LogP contribution in [0.5, 0.6) is 0 Å². The van der Waals surface area contributed by atoms with Gasteiger partial charge in [0, 0.05) is 24.3 Å². The molecule has 1 aliphatic carbocycles. The predicted octanol–water partition coefficient (Wildman–Crippen LogP) is 1.92. The third-order valence-corrected chi connectivity index (χ3v) is 3.44. The van der Waals surface area contributed by atoms with Crippen LogP contribution in [0.15, 0.2) is 42.7 Å². The smallest absolute Gasteiger partial charge is 0.317 e. The first-order chi connectivity index (χ1) is 9.72. The summed E-state index contributed by atoms with van der Waals surface area (Å²) < 4.78 is 1.82. The second-order valence-corrected chi connectivity index (χ2v) is 5.16. The highest BCUT2D eigenvalue weighted by Crippen LogP contribution is 2.28. The van der Waals surface area contributed by atoms with Gasteiger partial charge in [-0.1, -0.05) is 18.2 Å². The number of carbonyl (C=O) groups is 1. The van der Waals surface area contributed by atoms with Gasteiger partial charge in [-0.3, -0.25) is 9.69 Å². The SMILES string of the molecule is O=C(O)CN(Cc1cnn(-c2ccccc2)c1)C1CC1. The molecule has 0 radical (unpaired) electrons. The Balaban J connectivity index is 1.71. The van der Waals surface area contributed by atoms with E-state index < -0.39 is 5.97 Å². The fraction of sp³-hybridized carbons (Fsp3) is 0.333. The van der Waals surface area contributed by atoms with Gasteiger partial charge >= 0.3 is 5.97 Å². The highest BCUT2D eigenvalue weighted by Gasteiger charge is 2.30. The fourth-order valence-corrected chi connectivity index (χ4v) is 2.33. The molecule has 3 rings (SSSR count). The summed E-state index contributed by atoms with van der Waals surface area (Å²) in [4.78, 5) is 12.9. The molecule has 1 saturated carbocycles. The van der Waals surface area contributed by atoms with Gasteiger partial charge in [-0.05, 0) is 25.0 Å². The molecule has 2 aromatic rings. The molecular formula is C15H17N3O2. The summed E-state index contributed by atoms with van der Waals surface area (Å²) in [7, 11) is 0. The Kier molecular flexibility index (Phi) is 3.52. The second kappa shape index (κ2) is 5.46. The van der Waals surface area contributed by atoms with Crippen LogP contribution in [0, 0.1) is 0 Å². The zero-order valence-electron chi connectivity index (χ0n) is 11.1. The largest absolute Gasteiger partial charge is 0.480 e. The molecule has 0 bridgehead atoms. The van der Waals surface area contributed by atoms with Gasteiger partial charge in [0.2, 0.25) is 0 Å². The predicted molar refractivity (Wildman–Crippen MR) is 74.6 cm³/mol. The average molecular weight is 271 g/mol. The molecule has 1 heterocycles. The van der Waals surface area contributed by atoms with Crippen LogP contribution in [0.1, 0.15) is 18.4 Å². The number of hydrogen-bond donors (Lipinski definition) is 1. The van der Waals surface area contributed by atoms with E-state index in [2.05, 4.69) is 5.10 Å². The monoisotopic (exact) mass is 271 g/mol. The number of nitrogens with zero attached hydrogens (tertiary/aromatic N) is 3. The maximum absolute atomic E-state index is 10.9. The van der Waals surface area contributed by atoms with Crippen molar-refractivity contribution < 1.29 is 9.90 Å². The zero-order chi connectivity index (χ0) is 13.9. The number of rotatable bonds is 6. The molecule has 1 fully saturated rings. The van der Waals surface area contributed by atoms with Gasteiger partial charge in [-0.25, -0.2) is 4.68 Å². The molecule has 0 spiro atoms. The highest BCUT2D eigenvalue weighted by atomic mass is 16.4. The Bertz CT molecular complexity index is 590. The van der Waals surface area contributed by atoms with Crippen molar-refractivity contribution in [3.05, 3.63) is 48.3 Å². The molecule has 1 aromatic carbocycles. The molecule has 1 aromatic heterocycles. The Morgan fingerprint density at radius 3 is 2.75 bits per heavy atom. The van der Waals surface area contributed by atoms with Gasteiger partial charge < -0.3 is 5.11 Å². The van der Waals surface area contributed by atoms with E-state index >= 15 is 0 Å². The molecule has 0 atom stereocenters. The van der Waals surface area contributed by atoms with E-state index in [4.69, 9.17) is 5.11 Å². The summed E-state index contributed by atoms with van der Waals surface area (Å²) in [5, 5.41) is 13.3. The molecule has 5 heteroatoms. The standard InChI is InChI=1S/C15H17N3O2/c19-15(20)11-17(13-6-7-13)9-12-8-16-18(10-12)14-4-2-1-3-5-14/h1-5,8,10,13H,6-7,9,11H2,(H,19,20). The number of hydrogen-bond acceptors (Lipinski definition) is 3. The molecule has 104 valence electrons. The van der Waals surface area contributed by atoms with Gasteiger partial charge in [-0.15, -0.1) is 0 Å². The fourth-order valence-electron chi connectivity index (χ4n) is 2.33. The van der Waals surface area contributed by atoms with Crippen LogP contribution < -0.4 is 0 Å². The lowest BCUT2D eigenvalue weighted by molar-refractivity contribution is -0.138. The number of carboxylic acid groups (broad SMARTS) is 1. The molecule has 1 aliphatic rings. The minimum Gasteiger partial charge on any atom is -0.480 e. The quantitative estimate of drug-likeness (QED) is 0.872. The molecular weight excluding hydrogens is 254 g/mol. The van der Waals surface area contributed by atoms with Crippen molar-refractivity contribution in [3.63, 3.8) is 0 Å². The van der Waals surface area contributed by atoms with Gasteiger partial charge in [0.1, 0.15) is 0 Å². The first-order valence-corrected chi connectivity index (χ1v) is 6.77. The van der Waals surface area contributed by atoms with Crippen LogP contribution in [0.3, 0.4) is 0 Å². The Hall–Kier alpha value is -2.14. The first kappa shape index (κ1) is 12.9. The van der Waals surface area contributed by atoms with Crippen molar-refractivity contribution in [2.24, 2.45) is 0 Å². The highest BCUT2D eigenvalue weighted by molar-refractivity contribution is 5.69. The summed E-state index contributed by atoms with van der Waals surface area (Å²) in [6, 6.07) is 10.3. The van der Waals surface area contributed by atoms with E-state index in [1.165, 1.54) is 0 Å². The first-order valence-electron chi connectivity index (χ1n) is 6.77. The van der Waals surface area contributed by atoms with Crippen LogP contribution in [0.4, 0.5) is 0 Å². The van der Waals surface area contributed by atoms with E-state index in [0.717, 1.165) is 24.1 Å². The van der Waals surface area contributed by atoms with Crippen molar-refractivity contribution in [1.82, 2.24) is 14.7 Å². The van der Waals surface area contributed by atoms with Gasteiger partial charge in [-0.2, -0.15) is 5.10 Å². The molecule has 5 nitrogen and oxygen atoms in total. The van der Waals surface area contributed by atoms with Gasteiger partial charge in [0.15, 0.2) is 0 Å². The lowest BCUT2D eigenvalue weighted by Crippen LogP contribution is -2.31. The van der Waals surface area contributed by atoms with Crippen molar-refractivity contribution in [2.45, 2.75) is 25.4 Å². The third-order valence-electron chi connectivity index (χ3n) is 3.44. The average Bonchev–Trinajstić information content (AvgIpc) is 3.19. The van der Waals surface area contributed by atoms with E-state index in [1.54, 1.807) is 0 Å². The Morgan fingerprint density at radius 2 is 2.10 bits per heavy atom. The summed E-state index contributed by atoms with van der Waals surface area (Å²) in [5.41, 5.74) is 2.05. The minimum absolute atomic E-state index is 0.0984. The Labute approximate surface area is 117 Å². The van der Waals surface area contributed by atoms with Crippen molar-refractivity contribution in [3.8, 4) is 5.69 Å². The summed E-state index contributed by atoms with van der Waals surface area (Å²) >= 11 is 0. The molecule has 0 amide bonds. The molecule has 0 aliphatic heterocycles. The normalized spacial score (nSPS) is 14.7. The molecule has 20 heavy (non-hydrogen) atoms. The Morgan fingerprint density at radius 1 is 1.35 bits per heavy atom. The number of para-hydroxylation sites is 1. The lowest BCUT2D eigenvalue weighted by Gasteiger charge is -2.18. The second-order valence-electron chi connectivity index (χ2n) is 5.16. The number of benzene rings is 1. The van der Waals surface area contributed by atoms with Crippen LogP contribution >= 0.6 is 0 Å². The summed E-state index contributed by atoms with van der Waals surface area (Å²) in [6.07, 6.45) is 5.97. The van der Waals surface area contributed by atoms with Crippen LogP contribution in [-0.2, 0) is 11.3 Å². The van der Waals surface area contributed by atoms with E-state index in [1.807, 2.05) is 52.3 Å². The summed E-state index contributed by atoms with van der Waals surface area (Å²) in [5.74, 6) is -0.771. The van der Waals surface area contributed by atoms with Crippen LogP contribution in [-0.4, -0.2) is 38.3 Å². The maximum Gasteiger partial charge on any atom is 0.317 e. The molecule has 0 unspecified atom stereocenters. The molecule has 0 saturated heterocycles. The van der Waals surface area contributed by atoms with Crippen molar-refractivity contribution in [1.29, 1.82) is 0 Å². The van der Waals surface area contributed by atoms with Crippen LogP contribution in [0.2, 0.25) is 0 Å². The minimum atomic E-state index is -0.771.